The van der Waals surface area contributed by atoms with E-state index in [2.05, 4.69) is 6.58 Å². The highest BCUT2D eigenvalue weighted by molar-refractivity contribution is 5.86. The van der Waals surface area contributed by atoms with Crippen LogP contribution in [0.15, 0.2) is 12.2 Å². The molecule has 1 spiro atoms. The van der Waals surface area contributed by atoms with Gasteiger partial charge in [-0.05, 0) is 56.3 Å². The predicted molar refractivity (Wildman–Crippen MR) is 94.1 cm³/mol. The van der Waals surface area contributed by atoms with Gasteiger partial charge in [-0.25, -0.2) is 0 Å². The smallest absolute Gasteiger partial charge is 0.312 e. The fourth-order valence-corrected chi connectivity index (χ4v) is 7.75. The first-order valence-corrected chi connectivity index (χ1v) is 9.68. The lowest BCUT2D eigenvalue weighted by Gasteiger charge is -2.53. The number of aliphatic hydroxyl groups is 2. The Morgan fingerprint density at radius 3 is 2.21 bits per heavy atom. The van der Waals surface area contributed by atoms with E-state index in [-0.39, 0.29) is 12.3 Å². The molecule has 0 amide bonds. The zero-order chi connectivity index (χ0) is 20.8. The Balaban J connectivity index is 2.04. The molecule has 0 radical (unpaired) electrons. The molecule has 5 N–H and O–H groups in total. The van der Waals surface area contributed by atoms with Gasteiger partial charge >= 0.3 is 17.9 Å². The Kier molecular flexibility index (Phi) is 3.86. The molecule has 0 aliphatic heterocycles. The standard InChI is InChI=1S/C20H26O8/c1-8-5-19-6-9(8)3-4-11(19)20(17(27)28)7-10(21)14(22)18(2,16(25)26)13(20)12(19)15(23)24/h9-14,21-22H,1,3-7H2,2H3,(H,23,24)(H,25,26)(H,27,28)/t9-,10+,11-,12-,13-,14+,18-,19+,20-/m1/s1. The minimum Gasteiger partial charge on any atom is -0.481 e. The molecule has 154 valence electrons. The van der Waals surface area contributed by atoms with Crippen LogP contribution in [0.5, 0.6) is 0 Å². The lowest BCUT2D eigenvalue weighted by atomic mass is 9.50. The van der Waals surface area contributed by atoms with Crippen molar-refractivity contribution in [2.75, 3.05) is 0 Å². The van der Waals surface area contributed by atoms with Crippen molar-refractivity contribution in [3.05, 3.63) is 12.2 Å². The monoisotopic (exact) mass is 394 g/mol. The molecule has 8 heteroatoms. The van der Waals surface area contributed by atoms with E-state index in [0.717, 1.165) is 5.57 Å². The second kappa shape index (κ2) is 5.57. The van der Waals surface area contributed by atoms with Gasteiger partial charge in [-0.2, -0.15) is 0 Å². The molecule has 2 bridgehead atoms. The van der Waals surface area contributed by atoms with Crippen LogP contribution >= 0.6 is 0 Å². The molecule has 4 fully saturated rings. The van der Waals surface area contributed by atoms with Gasteiger partial charge in [0.1, 0.15) is 0 Å². The molecule has 8 nitrogen and oxygen atoms in total. The highest BCUT2D eigenvalue weighted by atomic mass is 16.4. The molecule has 4 aliphatic carbocycles. The van der Waals surface area contributed by atoms with E-state index >= 15 is 0 Å². The van der Waals surface area contributed by atoms with Crippen LogP contribution in [0.1, 0.15) is 39.0 Å². The summed E-state index contributed by atoms with van der Waals surface area (Å²) in [4.78, 5) is 37.5. The van der Waals surface area contributed by atoms with Crippen molar-refractivity contribution >= 4 is 17.9 Å². The maximum absolute atomic E-state index is 12.7. The van der Waals surface area contributed by atoms with Gasteiger partial charge in [0.15, 0.2) is 0 Å². The van der Waals surface area contributed by atoms with Gasteiger partial charge in [0.05, 0.1) is 29.0 Å². The van der Waals surface area contributed by atoms with Crippen LogP contribution in [0.2, 0.25) is 0 Å². The Hall–Kier alpha value is -1.93. The Labute approximate surface area is 161 Å². The topological polar surface area (TPSA) is 152 Å². The first kappa shape index (κ1) is 19.4. The van der Waals surface area contributed by atoms with Crippen LogP contribution in [0.25, 0.3) is 0 Å². The number of rotatable bonds is 3. The van der Waals surface area contributed by atoms with Gasteiger partial charge in [0.25, 0.3) is 0 Å². The Bertz CT molecular complexity index is 791. The van der Waals surface area contributed by atoms with Crippen LogP contribution in [-0.4, -0.2) is 55.6 Å². The average molecular weight is 394 g/mol. The summed E-state index contributed by atoms with van der Waals surface area (Å²) in [5.74, 6) is -7.04. The molecule has 0 aromatic carbocycles. The molecular weight excluding hydrogens is 368 g/mol. The molecule has 0 saturated heterocycles. The lowest BCUT2D eigenvalue weighted by molar-refractivity contribution is -0.211. The SMILES string of the molecule is C=C1C[C@]23C[C@H]1CC[C@H]2[C@]1(C(=O)O)C[C@H](O)[C@H](O)[C@](C)(C(=O)O)[C@H]1[C@@H]3C(=O)O. The highest BCUT2D eigenvalue weighted by Crippen LogP contribution is 2.77. The van der Waals surface area contributed by atoms with Gasteiger partial charge in [0, 0.05) is 5.92 Å². The number of carboxylic acid groups (broad SMARTS) is 3. The summed E-state index contributed by atoms with van der Waals surface area (Å²) in [6, 6.07) is 0. The predicted octanol–water partition coefficient (Wildman–Crippen LogP) is 0.967. The number of hydrogen-bond acceptors (Lipinski definition) is 5. The van der Waals surface area contributed by atoms with Crippen molar-refractivity contribution < 1.29 is 39.9 Å². The first-order valence-electron chi connectivity index (χ1n) is 9.68. The van der Waals surface area contributed by atoms with E-state index in [1.807, 2.05) is 0 Å². The van der Waals surface area contributed by atoms with Crippen LogP contribution < -0.4 is 0 Å². The quantitative estimate of drug-likeness (QED) is 0.444. The fraction of sp³-hybridized carbons (Fsp3) is 0.750. The Morgan fingerprint density at radius 2 is 1.68 bits per heavy atom. The number of aliphatic carboxylic acids is 3. The zero-order valence-electron chi connectivity index (χ0n) is 15.7. The summed E-state index contributed by atoms with van der Waals surface area (Å²) >= 11 is 0. The first-order chi connectivity index (χ1) is 12.9. The molecule has 28 heavy (non-hydrogen) atoms. The van der Waals surface area contributed by atoms with E-state index in [4.69, 9.17) is 0 Å². The third-order valence-electron chi connectivity index (χ3n) is 8.68. The molecule has 0 aromatic rings. The van der Waals surface area contributed by atoms with E-state index < -0.39 is 64.1 Å². The van der Waals surface area contributed by atoms with E-state index in [1.54, 1.807) is 0 Å². The summed E-state index contributed by atoms with van der Waals surface area (Å²) < 4.78 is 0. The summed E-state index contributed by atoms with van der Waals surface area (Å²) in [6.45, 7) is 5.27. The molecule has 0 heterocycles. The molecule has 0 unspecified atom stereocenters. The normalized spacial score (nSPS) is 52.0. The lowest BCUT2D eigenvalue weighted by Crippen LogP contribution is -2.65. The largest absolute Gasteiger partial charge is 0.481 e. The number of carbonyl (C=O) groups is 3. The van der Waals surface area contributed by atoms with Crippen molar-refractivity contribution in [2.45, 2.75) is 51.2 Å². The third-order valence-corrected chi connectivity index (χ3v) is 8.68. The van der Waals surface area contributed by atoms with Crippen molar-refractivity contribution in [3.63, 3.8) is 0 Å². The van der Waals surface area contributed by atoms with Gasteiger partial charge in [-0.3, -0.25) is 14.4 Å². The molecule has 9 atom stereocenters. The summed E-state index contributed by atoms with van der Waals surface area (Å²) in [5.41, 5.74) is -3.82. The second-order valence-corrected chi connectivity index (χ2v) is 9.54. The van der Waals surface area contributed by atoms with Crippen molar-refractivity contribution in [1.29, 1.82) is 0 Å². The van der Waals surface area contributed by atoms with Gasteiger partial charge in [-0.15, -0.1) is 0 Å². The molecule has 4 rings (SSSR count). The van der Waals surface area contributed by atoms with E-state index in [9.17, 15) is 39.9 Å². The van der Waals surface area contributed by atoms with Crippen molar-refractivity contribution in [2.24, 2.45) is 39.9 Å². The van der Waals surface area contributed by atoms with Gasteiger partial charge < -0.3 is 25.5 Å². The van der Waals surface area contributed by atoms with E-state index in [0.29, 0.717) is 25.7 Å². The summed E-state index contributed by atoms with van der Waals surface area (Å²) in [7, 11) is 0. The minimum atomic E-state index is -2.09. The van der Waals surface area contributed by atoms with Crippen LogP contribution in [0, 0.1) is 39.9 Å². The number of aliphatic hydroxyl groups excluding tert-OH is 2. The molecule has 0 aromatic heterocycles. The maximum atomic E-state index is 12.7. The van der Waals surface area contributed by atoms with Crippen LogP contribution in [-0.2, 0) is 14.4 Å². The number of fused-ring (bicyclic) bond motifs is 3. The fourth-order valence-electron chi connectivity index (χ4n) is 7.75. The third kappa shape index (κ3) is 1.90. The second-order valence-electron chi connectivity index (χ2n) is 9.54. The summed E-state index contributed by atoms with van der Waals surface area (Å²) in [5, 5.41) is 51.7. The number of hydrogen-bond donors (Lipinski definition) is 5. The van der Waals surface area contributed by atoms with Crippen LogP contribution in [0.3, 0.4) is 0 Å². The van der Waals surface area contributed by atoms with Crippen molar-refractivity contribution in [1.82, 2.24) is 0 Å². The summed E-state index contributed by atoms with van der Waals surface area (Å²) in [6.07, 6.45) is -1.68. The molecule has 4 saturated carbocycles. The molecule has 4 aliphatic rings. The van der Waals surface area contributed by atoms with Crippen LogP contribution in [0.4, 0.5) is 0 Å². The Morgan fingerprint density at radius 1 is 1.04 bits per heavy atom. The minimum absolute atomic E-state index is 0.107. The number of allylic oxidation sites excluding steroid dienone is 1. The van der Waals surface area contributed by atoms with E-state index in [1.165, 1.54) is 6.92 Å². The van der Waals surface area contributed by atoms with Gasteiger partial charge in [0.2, 0.25) is 0 Å². The highest BCUT2D eigenvalue weighted by Gasteiger charge is 2.81. The maximum Gasteiger partial charge on any atom is 0.312 e. The zero-order valence-corrected chi connectivity index (χ0v) is 15.7. The molecular formula is C20H26O8. The average Bonchev–Trinajstić information content (AvgIpc) is 3.01. The van der Waals surface area contributed by atoms with Crippen molar-refractivity contribution in [3.8, 4) is 0 Å². The van der Waals surface area contributed by atoms with Gasteiger partial charge in [-0.1, -0.05) is 12.2 Å². The number of carboxylic acids is 3.